The highest BCUT2D eigenvalue weighted by molar-refractivity contribution is 5.40. The molecule has 0 saturated carbocycles. The van der Waals surface area contributed by atoms with Crippen LogP contribution in [-0.2, 0) is 18.9 Å². The van der Waals surface area contributed by atoms with E-state index in [4.69, 9.17) is 5.73 Å². The Bertz CT molecular complexity index is 607. The Labute approximate surface area is 119 Å². The van der Waals surface area contributed by atoms with Crippen LogP contribution in [0.15, 0.2) is 36.7 Å². The number of nitrogens with two attached hydrogens (primary N) is 1. The summed E-state index contributed by atoms with van der Waals surface area (Å²) in [6.45, 7) is 0.445. The molecule has 2 unspecified atom stereocenters. The highest BCUT2D eigenvalue weighted by atomic mass is 16.3. The maximum absolute atomic E-state index is 10.9. The van der Waals surface area contributed by atoms with Crippen LogP contribution in [0.1, 0.15) is 35.6 Å². The lowest BCUT2D eigenvalue weighted by molar-refractivity contribution is 0.0717. The summed E-state index contributed by atoms with van der Waals surface area (Å²) >= 11 is 0. The zero-order valence-corrected chi connectivity index (χ0v) is 11.8. The van der Waals surface area contributed by atoms with Crippen LogP contribution in [0.4, 0.5) is 0 Å². The van der Waals surface area contributed by atoms with Crippen molar-refractivity contribution in [2.24, 2.45) is 12.8 Å². The predicted octanol–water partition coefficient (Wildman–Crippen LogP) is 1.69. The highest BCUT2D eigenvalue weighted by Crippen LogP contribution is 2.45. The number of hydrogen-bond donors (Lipinski definition) is 2. The van der Waals surface area contributed by atoms with Crippen molar-refractivity contribution in [2.45, 2.75) is 30.8 Å². The number of benzene rings is 1. The van der Waals surface area contributed by atoms with Crippen molar-refractivity contribution in [2.75, 3.05) is 6.54 Å². The van der Waals surface area contributed by atoms with Gasteiger partial charge < -0.3 is 10.8 Å². The van der Waals surface area contributed by atoms with Gasteiger partial charge in [0.25, 0.3) is 0 Å². The Balaban J connectivity index is 2.08. The second kappa shape index (κ2) is 5.04. The number of rotatable bonds is 3. The average Bonchev–Trinajstić information content (AvgIpc) is 2.92. The lowest BCUT2D eigenvalue weighted by Gasteiger charge is -2.41. The monoisotopic (exact) mass is 271 g/mol. The average molecular weight is 271 g/mol. The van der Waals surface area contributed by atoms with Gasteiger partial charge in [-0.3, -0.25) is 4.68 Å². The number of aromatic nitrogens is 2. The molecule has 20 heavy (non-hydrogen) atoms. The largest absolute Gasteiger partial charge is 0.387 e. The van der Waals surface area contributed by atoms with Crippen molar-refractivity contribution < 1.29 is 5.11 Å². The molecule has 4 nitrogen and oxygen atoms in total. The van der Waals surface area contributed by atoms with E-state index in [1.165, 1.54) is 11.1 Å². The Morgan fingerprint density at radius 1 is 1.45 bits per heavy atom. The quantitative estimate of drug-likeness (QED) is 0.893. The molecule has 2 atom stereocenters. The van der Waals surface area contributed by atoms with Gasteiger partial charge in [0.15, 0.2) is 0 Å². The molecule has 0 radical (unpaired) electrons. The van der Waals surface area contributed by atoms with Gasteiger partial charge in [0.1, 0.15) is 0 Å². The molecule has 1 aliphatic rings. The topological polar surface area (TPSA) is 64.1 Å². The van der Waals surface area contributed by atoms with Crippen LogP contribution < -0.4 is 5.73 Å². The highest BCUT2D eigenvalue weighted by Gasteiger charge is 2.42. The van der Waals surface area contributed by atoms with Crippen molar-refractivity contribution >= 4 is 0 Å². The van der Waals surface area contributed by atoms with Crippen molar-refractivity contribution in [3.63, 3.8) is 0 Å². The van der Waals surface area contributed by atoms with Gasteiger partial charge in [-0.15, -0.1) is 0 Å². The molecular formula is C16H21N3O. The Hall–Kier alpha value is -1.65. The first-order chi connectivity index (χ1) is 9.67. The maximum atomic E-state index is 10.9. The van der Waals surface area contributed by atoms with E-state index in [0.29, 0.717) is 6.54 Å². The van der Waals surface area contributed by atoms with E-state index in [-0.39, 0.29) is 0 Å². The van der Waals surface area contributed by atoms with E-state index in [1.807, 2.05) is 19.3 Å². The smallest absolute Gasteiger partial charge is 0.0929 e. The molecule has 1 aromatic carbocycles. The van der Waals surface area contributed by atoms with Gasteiger partial charge in [-0.1, -0.05) is 24.3 Å². The summed E-state index contributed by atoms with van der Waals surface area (Å²) in [5.74, 6) is 0. The van der Waals surface area contributed by atoms with Gasteiger partial charge in [-0.25, -0.2) is 0 Å². The summed E-state index contributed by atoms with van der Waals surface area (Å²) in [6, 6.07) is 8.35. The number of hydrogen-bond acceptors (Lipinski definition) is 3. The second-order valence-electron chi connectivity index (χ2n) is 5.72. The van der Waals surface area contributed by atoms with Gasteiger partial charge in [-0.2, -0.15) is 5.10 Å². The van der Waals surface area contributed by atoms with Gasteiger partial charge >= 0.3 is 0 Å². The molecule has 0 amide bonds. The molecule has 3 N–H and O–H groups in total. The molecule has 3 rings (SSSR count). The van der Waals surface area contributed by atoms with Crippen molar-refractivity contribution in [3.05, 3.63) is 53.3 Å². The number of fused-ring (bicyclic) bond motifs is 1. The zero-order chi connectivity index (χ0) is 14.2. The molecule has 0 saturated heterocycles. The lowest BCUT2D eigenvalue weighted by Crippen LogP contribution is -2.43. The van der Waals surface area contributed by atoms with E-state index in [1.54, 1.807) is 10.9 Å². The third-order valence-electron chi connectivity index (χ3n) is 4.55. The second-order valence-corrected chi connectivity index (χ2v) is 5.72. The maximum Gasteiger partial charge on any atom is 0.0929 e. The fraction of sp³-hybridized carbons (Fsp3) is 0.438. The molecule has 0 aliphatic heterocycles. The minimum absolute atomic E-state index is 0.391. The lowest BCUT2D eigenvalue weighted by atomic mass is 9.65. The van der Waals surface area contributed by atoms with Crippen molar-refractivity contribution in [1.82, 2.24) is 9.78 Å². The van der Waals surface area contributed by atoms with Crippen LogP contribution in [0.25, 0.3) is 0 Å². The fourth-order valence-electron chi connectivity index (χ4n) is 3.46. The van der Waals surface area contributed by atoms with Crippen LogP contribution >= 0.6 is 0 Å². The molecular weight excluding hydrogens is 250 g/mol. The number of aliphatic hydroxyl groups excluding tert-OH is 1. The fourth-order valence-corrected chi connectivity index (χ4v) is 3.46. The molecule has 1 aromatic heterocycles. The first-order valence-corrected chi connectivity index (χ1v) is 7.12. The molecule has 4 heteroatoms. The standard InChI is InChI=1S/C16H21N3O/c1-19-10-13(9-18-19)15(20)16(11-17)8-4-6-12-5-2-3-7-14(12)16/h2-3,5,7,9-10,15,20H,4,6,8,11,17H2,1H3. The molecule has 1 heterocycles. The normalized spacial score (nSPS) is 23.4. The first kappa shape index (κ1) is 13.3. The van der Waals surface area contributed by atoms with Crippen LogP contribution in [0.2, 0.25) is 0 Å². The van der Waals surface area contributed by atoms with Gasteiger partial charge in [-0.05, 0) is 30.4 Å². The molecule has 1 aliphatic carbocycles. The van der Waals surface area contributed by atoms with E-state index >= 15 is 0 Å². The SMILES string of the molecule is Cn1cc(C(O)C2(CN)CCCc3ccccc32)cn1. The molecule has 106 valence electrons. The third kappa shape index (κ3) is 1.96. The molecule has 2 aromatic rings. The van der Waals surface area contributed by atoms with E-state index in [2.05, 4.69) is 23.3 Å². The van der Waals surface area contributed by atoms with Crippen LogP contribution in [0.3, 0.4) is 0 Å². The first-order valence-electron chi connectivity index (χ1n) is 7.12. The Morgan fingerprint density at radius 3 is 2.95 bits per heavy atom. The molecule has 0 bridgehead atoms. The van der Waals surface area contributed by atoms with Crippen molar-refractivity contribution in [3.8, 4) is 0 Å². The van der Waals surface area contributed by atoms with E-state index < -0.39 is 11.5 Å². The summed E-state index contributed by atoms with van der Waals surface area (Å²) < 4.78 is 1.72. The zero-order valence-electron chi connectivity index (χ0n) is 11.8. The number of nitrogens with zero attached hydrogens (tertiary/aromatic N) is 2. The minimum Gasteiger partial charge on any atom is -0.387 e. The van der Waals surface area contributed by atoms with Crippen molar-refractivity contribution in [1.29, 1.82) is 0 Å². The van der Waals surface area contributed by atoms with E-state index in [0.717, 1.165) is 24.8 Å². The molecule has 0 fully saturated rings. The van der Waals surface area contributed by atoms with Crippen LogP contribution in [0.5, 0.6) is 0 Å². The predicted molar refractivity (Wildman–Crippen MR) is 78.3 cm³/mol. The minimum atomic E-state index is -0.609. The summed E-state index contributed by atoms with van der Waals surface area (Å²) in [5.41, 5.74) is 9.07. The summed E-state index contributed by atoms with van der Waals surface area (Å²) in [7, 11) is 1.86. The number of aryl methyl sites for hydroxylation is 2. The Morgan fingerprint density at radius 2 is 2.25 bits per heavy atom. The third-order valence-corrected chi connectivity index (χ3v) is 4.55. The molecule has 0 spiro atoms. The summed E-state index contributed by atoms with van der Waals surface area (Å²) in [6.07, 6.45) is 6.04. The Kier molecular flexibility index (Phi) is 3.36. The van der Waals surface area contributed by atoms with Gasteiger partial charge in [0.05, 0.1) is 12.3 Å². The van der Waals surface area contributed by atoms with Crippen LogP contribution in [-0.4, -0.2) is 21.4 Å². The summed E-state index contributed by atoms with van der Waals surface area (Å²) in [4.78, 5) is 0. The van der Waals surface area contributed by atoms with Gasteiger partial charge in [0.2, 0.25) is 0 Å². The van der Waals surface area contributed by atoms with Gasteiger partial charge in [0, 0.05) is 30.8 Å². The van der Waals surface area contributed by atoms with Crippen LogP contribution in [0, 0.1) is 0 Å². The summed E-state index contributed by atoms with van der Waals surface area (Å²) in [5, 5.41) is 15.1. The van der Waals surface area contributed by atoms with E-state index in [9.17, 15) is 5.11 Å². The number of aliphatic hydroxyl groups is 1.